The van der Waals surface area contributed by atoms with Crippen LogP contribution in [0.1, 0.15) is 25.8 Å². The fraction of sp³-hybridized carbons (Fsp3) is 0.333. The molecule has 1 rings (SSSR count). The Morgan fingerprint density at radius 1 is 1.26 bits per heavy atom. The number of rotatable bonds is 8. The van der Waals surface area contributed by atoms with Crippen molar-refractivity contribution in [3.8, 4) is 0 Å². The van der Waals surface area contributed by atoms with E-state index in [0.717, 1.165) is 5.56 Å². The van der Waals surface area contributed by atoms with Gasteiger partial charge in [0.25, 0.3) is 0 Å². The van der Waals surface area contributed by atoms with E-state index in [9.17, 15) is 14.7 Å². The Bertz CT molecular complexity index is 574. The van der Waals surface area contributed by atoms with Crippen LogP contribution in [0.25, 0.3) is 6.08 Å². The molecule has 23 heavy (non-hydrogen) atoms. The van der Waals surface area contributed by atoms with Gasteiger partial charge in [-0.25, -0.2) is 9.59 Å². The molecular weight excluding hydrogens is 296 g/mol. The molecule has 0 aliphatic rings. The summed E-state index contributed by atoms with van der Waals surface area (Å²) in [4.78, 5) is 23.5. The third kappa shape index (κ3) is 6.48. The Morgan fingerprint density at radius 2 is 1.91 bits per heavy atom. The van der Waals surface area contributed by atoms with Crippen LogP contribution in [0.4, 0.5) is 0 Å². The third-order valence-corrected chi connectivity index (χ3v) is 3.10. The molecule has 0 aromatic heterocycles. The first-order valence-electron chi connectivity index (χ1n) is 7.38. The molecule has 1 aromatic rings. The largest absolute Gasteiger partial charge is 0.458 e. The van der Waals surface area contributed by atoms with Gasteiger partial charge >= 0.3 is 11.9 Å². The van der Waals surface area contributed by atoms with Crippen molar-refractivity contribution < 1.29 is 24.2 Å². The summed E-state index contributed by atoms with van der Waals surface area (Å²) in [6, 6.07) is 9.32. The molecule has 1 unspecified atom stereocenters. The number of esters is 2. The van der Waals surface area contributed by atoms with E-state index in [4.69, 9.17) is 9.47 Å². The van der Waals surface area contributed by atoms with Gasteiger partial charge in [0.1, 0.15) is 6.61 Å². The Balaban J connectivity index is 2.57. The minimum absolute atomic E-state index is 0.210. The van der Waals surface area contributed by atoms with Gasteiger partial charge in [0.15, 0.2) is 6.10 Å². The molecule has 1 N–H and O–H groups in total. The highest BCUT2D eigenvalue weighted by atomic mass is 16.6. The molecule has 5 heteroatoms. The monoisotopic (exact) mass is 318 g/mol. The Hall–Kier alpha value is -2.40. The van der Waals surface area contributed by atoms with Gasteiger partial charge in [0, 0.05) is 11.1 Å². The molecule has 0 spiro atoms. The van der Waals surface area contributed by atoms with E-state index in [1.807, 2.05) is 30.3 Å². The summed E-state index contributed by atoms with van der Waals surface area (Å²) in [6.45, 7) is 6.32. The molecule has 0 saturated carbocycles. The molecule has 0 aliphatic carbocycles. The van der Waals surface area contributed by atoms with Gasteiger partial charge in [-0.2, -0.15) is 0 Å². The highest BCUT2D eigenvalue weighted by Gasteiger charge is 2.18. The number of aliphatic hydroxyl groups excluding tert-OH is 1. The van der Waals surface area contributed by atoms with Crippen molar-refractivity contribution in [3.05, 3.63) is 53.6 Å². The van der Waals surface area contributed by atoms with Crippen molar-refractivity contribution in [1.29, 1.82) is 0 Å². The van der Waals surface area contributed by atoms with Gasteiger partial charge in [-0.3, -0.25) is 0 Å². The molecule has 0 saturated heterocycles. The molecule has 0 radical (unpaired) electrons. The van der Waals surface area contributed by atoms with E-state index in [1.165, 1.54) is 0 Å². The molecule has 5 nitrogen and oxygen atoms in total. The van der Waals surface area contributed by atoms with Gasteiger partial charge in [0.2, 0.25) is 0 Å². The first-order chi connectivity index (χ1) is 11.0. The second-order valence-corrected chi connectivity index (χ2v) is 5.00. The lowest BCUT2D eigenvalue weighted by Gasteiger charge is -2.16. The van der Waals surface area contributed by atoms with E-state index in [-0.39, 0.29) is 6.61 Å². The number of hydrogen-bond acceptors (Lipinski definition) is 5. The summed E-state index contributed by atoms with van der Waals surface area (Å²) in [7, 11) is 0. The lowest BCUT2D eigenvalue weighted by atomic mass is 10.1. The first-order valence-corrected chi connectivity index (χ1v) is 7.38. The van der Waals surface area contributed by atoms with E-state index in [0.29, 0.717) is 17.6 Å². The Labute approximate surface area is 136 Å². The first kappa shape index (κ1) is 18.6. The van der Waals surface area contributed by atoms with Crippen molar-refractivity contribution in [2.75, 3.05) is 13.2 Å². The summed E-state index contributed by atoms with van der Waals surface area (Å²) in [5, 5.41) is 9.24. The van der Waals surface area contributed by atoms with Crippen LogP contribution >= 0.6 is 0 Å². The molecule has 0 aliphatic heterocycles. The standard InChI is InChI=1S/C18H22O5/c1-4-13(2)17(20)22-12-16(11-19)23-18(21)14(3)10-15-8-6-5-7-9-15/h5-10,16,19H,2,4,11-12H2,1,3H3. The maximum atomic E-state index is 12.0. The fourth-order valence-electron chi connectivity index (χ4n) is 1.64. The van der Waals surface area contributed by atoms with E-state index < -0.39 is 24.6 Å². The number of hydrogen-bond donors (Lipinski definition) is 1. The second-order valence-electron chi connectivity index (χ2n) is 5.00. The van der Waals surface area contributed by atoms with Gasteiger partial charge in [-0.05, 0) is 25.0 Å². The summed E-state index contributed by atoms with van der Waals surface area (Å²) in [6.07, 6.45) is 1.25. The second kappa shape index (κ2) is 9.58. The average molecular weight is 318 g/mol. The summed E-state index contributed by atoms with van der Waals surface area (Å²) >= 11 is 0. The van der Waals surface area contributed by atoms with Crippen LogP contribution in [-0.4, -0.2) is 36.4 Å². The van der Waals surface area contributed by atoms with Crippen molar-refractivity contribution in [3.63, 3.8) is 0 Å². The maximum absolute atomic E-state index is 12.0. The van der Waals surface area contributed by atoms with Gasteiger partial charge in [-0.15, -0.1) is 0 Å². The minimum Gasteiger partial charge on any atom is -0.458 e. The topological polar surface area (TPSA) is 72.8 Å². The summed E-state index contributed by atoms with van der Waals surface area (Å²) in [5.41, 5.74) is 1.58. The minimum atomic E-state index is -0.907. The average Bonchev–Trinajstić information content (AvgIpc) is 2.57. The zero-order chi connectivity index (χ0) is 17.2. The molecule has 0 amide bonds. The Kier molecular flexibility index (Phi) is 7.77. The van der Waals surface area contributed by atoms with Crippen LogP contribution in [0.3, 0.4) is 0 Å². The van der Waals surface area contributed by atoms with E-state index >= 15 is 0 Å². The van der Waals surface area contributed by atoms with Crippen molar-refractivity contribution in [1.82, 2.24) is 0 Å². The predicted molar refractivity (Wildman–Crippen MR) is 87.4 cm³/mol. The number of aliphatic hydroxyl groups is 1. The lowest BCUT2D eigenvalue weighted by Crippen LogP contribution is -2.29. The molecule has 124 valence electrons. The van der Waals surface area contributed by atoms with Crippen molar-refractivity contribution in [2.45, 2.75) is 26.4 Å². The van der Waals surface area contributed by atoms with Crippen LogP contribution < -0.4 is 0 Å². The van der Waals surface area contributed by atoms with Crippen LogP contribution in [-0.2, 0) is 19.1 Å². The van der Waals surface area contributed by atoms with Crippen molar-refractivity contribution in [2.24, 2.45) is 0 Å². The highest BCUT2D eigenvalue weighted by Crippen LogP contribution is 2.09. The number of carbonyl (C=O) groups excluding carboxylic acids is 2. The number of benzene rings is 1. The number of carbonyl (C=O) groups is 2. The summed E-state index contributed by atoms with van der Waals surface area (Å²) in [5.74, 6) is -1.13. The van der Waals surface area contributed by atoms with Gasteiger partial charge in [0.05, 0.1) is 6.61 Å². The zero-order valence-corrected chi connectivity index (χ0v) is 13.5. The molecule has 1 aromatic carbocycles. The molecule has 0 fully saturated rings. The van der Waals surface area contributed by atoms with Crippen LogP contribution in [0.15, 0.2) is 48.1 Å². The van der Waals surface area contributed by atoms with Gasteiger partial charge in [-0.1, -0.05) is 43.8 Å². The smallest absolute Gasteiger partial charge is 0.334 e. The lowest BCUT2D eigenvalue weighted by molar-refractivity contribution is -0.156. The zero-order valence-electron chi connectivity index (χ0n) is 13.5. The van der Waals surface area contributed by atoms with Crippen LogP contribution in [0, 0.1) is 0 Å². The molecule has 0 bridgehead atoms. The van der Waals surface area contributed by atoms with E-state index in [1.54, 1.807) is 19.9 Å². The van der Waals surface area contributed by atoms with Crippen LogP contribution in [0.5, 0.6) is 0 Å². The van der Waals surface area contributed by atoms with Gasteiger partial charge < -0.3 is 14.6 Å². The fourth-order valence-corrected chi connectivity index (χ4v) is 1.64. The van der Waals surface area contributed by atoms with Crippen molar-refractivity contribution >= 4 is 18.0 Å². The third-order valence-electron chi connectivity index (χ3n) is 3.10. The SMILES string of the molecule is C=C(CC)C(=O)OCC(CO)OC(=O)C(C)=Cc1ccccc1. The number of ether oxygens (including phenoxy) is 2. The van der Waals surface area contributed by atoms with E-state index in [2.05, 4.69) is 6.58 Å². The summed E-state index contributed by atoms with van der Waals surface area (Å²) < 4.78 is 10.1. The quantitative estimate of drug-likeness (QED) is 0.589. The maximum Gasteiger partial charge on any atom is 0.334 e. The molecular formula is C18H22O5. The molecule has 1 atom stereocenters. The Morgan fingerprint density at radius 3 is 2.48 bits per heavy atom. The molecule has 0 heterocycles. The normalized spacial score (nSPS) is 12.4. The highest BCUT2D eigenvalue weighted by molar-refractivity contribution is 5.93. The van der Waals surface area contributed by atoms with Crippen LogP contribution in [0.2, 0.25) is 0 Å². The predicted octanol–water partition coefficient (Wildman–Crippen LogP) is 2.50.